The Morgan fingerprint density at radius 3 is 3.00 bits per heavy atom. The molecule has 0 amide bonds. The first kappa shape index (κ1) is 12.6. The molecule has 17 heavy (non-hydrogen) atoms. The van der Waals surface area contributed by atoms with E-state index in [1.165, 1.54) is 19.3 Å². The van der Waals surface area contributed by atoms with Gasteiger partial charge < -0.3 is 0 Å². The summed E-state index contributed by atoms with van der Waals surface area (Å²) < 4.78 is 0. The fourth-order valence-corrected chi connectivity index (χ4v) is 2.52. The third kappa shape index (κ3) is 3.30. The second-order valence-electron chi connectivity index (χ2n) is 4.75. The molecule has 1 saturated heterocycles. The highest BCUT2D eigenvalue weighted by Crippen LogP contribution is 2.17. The molecule has 0 spiro atoms. The van der Waals surface area contributed by atoms with Crippen molar-refractivity contribution in [2.75, 3.05) is 13.1 Å². The van der Waals surface area contributed by atoms with Crippen molar-refractivity contribution in [1.29, 1.82) is 0 Å². The van der Waals surface area contributed by atoms with E-state index in [4.69, 9.17) is 11.6 Å². The Kier molecular flexibility index (Phi) is 4.19. The molecule has 0 bridgehead atoms. The number of ketones is 1. The smallest absolute Gasteiger partial charge is 0.176 e. The van der Waals surface area contributed by atoms with Crippen LogP contribution in [-0.4, -0.2) is 29.8 Å². The SMILES string of the molecule is CC1CCCCN1CC(=O)c1cccc(Cl)c1. The molecule has 0 aliphatic carbocycles. The van der Waals surface area contributed by atoms with Crippen LogP contribution in [0.4, 0.5) is 0 Å². The lowest BCUT2D eigenvalue weighted by molar-refractivity contribution is 0.0860. The van der Waals surface area contributed by atoms with Crippen LogP contribution in [0.1, 0.15) is 36.5 Å². The predicted octanol–water partition coefficient (Wildman–Crippen LogP) is 3.40. The van der Waals surface area contributed by atoms with E-state index in [1.807, 2.05) is 12.1 Å². The molecule has 0 N–H and O–H groups in total. The second-order valence-corrected chi connectivity index (χ2v) is 5.19. The van der Waals surface area contributed by atoms with Crippen LogP contribution in [0, 0.1) is 0 Å². The van der Waals surface area contributed by atoms with Gasteiger partial charge in [-0.15, -0.1) is 0 Å². The number of piperidine rings is 1. The average molecular weight is 252 g/mol. The number of nitrogens with zero attached hydrogens (tertiary/aromatic N) is 1. The van der Waals surface area contributed by atoms with Gasteiger partial charge in [0.15, 0.2) is 5.78 Å². The number of hydrogen-bond acceptors (Lipinski definition) is 2. The summed E-state index contributed by atoms with van der Waals surface area (Å²) in [6, 6.07) is 7.73. The number of rotatable bonds is 3. The molecule has 1 atom stereocenters. The van der Waals surface area contributed by atoms with E-state index in [9.17, 15) is 4.79 Å². The molecule has 1 fully saturated rings. The van der Waals surface area contributed by atoms with E-state index in [1.54, 1.807) is 12.1 Å². The van der Waals surface area contributed by atoms with Crippen LogP contribution in [0.15, 0.2) is 24.3 Å². The molecule has 3 heteroatoms. The van der Waals surface area contributed by atoms with Gasteiger partial charge in [0.1, 0.15) is 0 Å². The van der Waals surface area contributed by atoms with Gasteiger partial charge in [0.2, 0.25) is 0 Å². The van der Waals surface area contributed by atoms with Crippen molar-refractivity contribution in [3.8, 4) is 0 Å². The monoisotopic (exact) mass is 251 g/mol. The van der Waals surface area contributed by atoms with Gasteiger partial charge >= 0.3 is 0 Å². The van der Waals surface area contributed by atoms with Crippen molar-refractivity contribution >= 4 is 17.4 Å². The number of benzene rings is 1. The van der Waals surface area contributed by atoms with Gasteiger partial charge in [-0.05, 0) is 38.4 Å². The maximum atomic E-state index is 12.1. The van der Waals surface area contributed by atoms with Crippen molar-refractivity contribution in [3.63, 3.8) is 0 Å². The van der Waals surface area contributed by atoms with Gasteiger partial charge in [-0.3, -0.25) is 9.69 Å². The second kappa shape index (κ2) is 5.65. The molecule has 0 saturated carbocycles. The first-order valence-electron chi connectivity index (χ1n) is 6.19. The molecule has 2 rings (SSSR count). The minimum absolute atomic E-state index is 0.168. The summed E-state index contributed by atoms with van der Waals surface area (Å²) in [6.07, 6.45) is 3.68. The highest BCUT2D eigenvalue weighted by Gasteiger charge is 2.20. The van der Waals surface area contributed by atoms with E-state index in [0.29, 0.717) is 17.6 Å². The van der Waals surface area contributed by atoms with Crippen molar-refractivity contribution in [1.82, 2.24) is 4.90 Å². The molecular weight excluding hydrogens is 234 g/mol. The number of carbonyl (C=O) groups is 1. The highest BCUT2D eigenvalue weighted by molar-refractivity contribution is 6.31. The molecule has 1 aliphatic rings. The lowest BCUT2D eigenvalue weighted by atomic mass is 10.0. The molecule has 1 heterocycles. The van der Waals surface area contributed by atoms with Gasteiger partial charge in [-0.25, -0.2) is 0 Å². The minimum Gasteiger partial charge on any atom is -0.293 e. The Morgan fingerprint density at radius 1 is 1.47 bits per heavy atom. The summed E-state index contributed by atoms with van der Waals surface area (Å²) >= 11 is 5.89. The molecule has 0 aromatic heterocycles. The van der Waals surface area contributed by atoms with Crippen molar-refractivity contribution in [2.24, 2.45) is 0 Å². The Morgan fingerprint density at radius 2 is 2.29 bits per heavy atom. The topological polar surface area (TPSA) is 20.3 Å². The maximum absolute atomic E-state index is 12.1. The normalized spacial score (nSPS) is 21.4. The fraction of sp³-hybridized carbons (Fsp3) is 0.500. The lowest BCUT2D eigenvalue weighted by Gasteiger charge is -2.32. The van der Waals surface area contributed by atoms with Crippen LogP contribution in [0.5, 0.6) is 0 Å². The van der Waals surface area contributed by atoms with Crippen LogP contribution in [-0.2, 0) is 0 Å². The fourth-order valence-electron chi connectivity index (χ4n) is 2.33. The third-order valence-corrected chi connectivity index (χ3v) is 3.67. The van der Waals surface area contributed by atoms with Crippen molar-refractivity contribution < 1.29 is 4.79 Å². The van der Waals surface area contributed by atoms with E-state index in [2.05, 4.69) is 11.8 Å². The molecule has 1 aliphatic heterocycles. The molecule has 1 aromatic rings. The lowest BCUT2D eigenvalue weighted by Crippen LogP contribution is -2.40. The minimum atomic E-state index is 0.168. The molecule has 1 unspecified atom stereocenters. The quantitative estimate of drug-likeness (QED) is 0.768. The third-order valence-electron chi connectivity index (χ3n) is 3.43. The first-order valence-corrected chi connectivity index (χ1v) is 6.57. The summed E-state index contributed by atoms with van der Waals surface area (Å²) in [7, 11) is 0. The molecule has 0 radical (unpaired) electrons. The van der Waals surface area contributed by atoms with E-state index in [-0.39, 0.29) is 5.78 Å². The Bertz CT molecular complexity index is 405. The van der Waals surface area contributed by atoms with Crippen LogP contribution < -0.4 is 0 Å². The highest BCUT2D eigenvalue weighted by atomic mass is 35.5. The zero-order chi connectivity index (χ0) is 12.3. The summed E-state index contributed by atoms with van der Waals surface area (Å²) in [6.45, 7) is 3.75. The number of hydrogen-bond donors (Lipinski definition) is 0. The summed E-state index contributed by atoms with van der Waals surface area (Å²) in [5, 5.41) is 0.627. The zero-order valence-corrected chi connectivity index (χ0v) is 10.9. The van der Waals surface area contributed by atoms with Gasteiger partial charge in [0.05, 0.1) is 6.54 Å². The summed E-state index contributed by atoms with van der Waals surface area (Å²) in [5.74, 6) is 0.168. The molecule has 1 aromatic carbocycles. The standard InChI is InChI=1S/C14H18ClNO/c1-11-5-2-3-8-16(11)10-14(17)12-6-4-7-13(15)9-12/h4,6-7,9,11H,2-3,5,8,10H2,1H3. The molecule has 2 nitrogen and oxygen atoms in total. The van der Waals surface area contributed by atoms with Crippen LogP contribution in [0.25, 0.3) is 0 Å². The maximum Gasteiger partial charge on any atom is 0.176 e. The molecular formula is C14H18ClNO. The van der Waals surface area contributed by atoms with Crippen LogP contribution >= 0.6 is 11.6 Å². The zero-order valence-electron chi connectivity index (χ0n) is 10.2. The van der Waals surface area contributed by atoms with Crippen LogP contribution in [0.2, 0.25) is 5.02 Å². The summed E-state index contributed by atoms with van der Waals surface area (Å²) in [4.78, 5) is 14.4. The largest absolute Gasteiger partial charge is 0.293 e. The van der Waals surface area contributed by atoms with Gasteiger partial charge in [-0.1, -0.05) is 30.2 Å². The summed E-state index contributed by atoms with van der Waals surface area (Å²) in [5.41, 5.74) is 0.718. The van der Waals surface area contributed by atoms with Crippen molar-refractivity contribution in [3.05, 3.63) is 34.9 Å². The predicted molar refractivity (Wildman–Crippen MR) is 70.7 cm³/mol. The van der Waals surface area contributed by atoms with E-state index in [0.717, 1.165) is 12.1 Å². The van der Waals surface area contributed by atoms with E-state index < -0.39 is 0 Å². The number of Topliss-reactive ketones (excluding diaryl/α,β-unsaturated/α-hetero) is 1. The van der Waals surface area contributed by atoms with Crippen LogP contribution in [0.3, 0.4) is 0 Å². The Hall–Kier alpha value is -0.860. The van der Waals surface area contributed by atoms with E-state index >= 15 is 0 Å². The first-order chi connectivity index (χ1) is 8.16. The van der Waals surface area contributed by atoms with Crippen molar-refractivity contribution in [2.45, 2.75) is 32.2 Å². The number of carbonyl (C=O) groups excluding carboxylic acids is 1. The number of halogens is 1. The van der Waals surface area contributed by atoms with Gasteiger partial charge in [0.25, 0.3) is 0 Å². The Balaban J connectivity index is 2.01. The van der Waals surface area contributed by atoms with Gasteiger partial charge in [0, 0.05) is 16.6 Å². The molecule has 92 valence electrons. The van der Waals surface area contributed by atoms with Gasteiger partial charge in [-0.2, -0.15) is 0 Å². The average Bonchev–Trinajstić information content (AvgIpc) is 2.32. The number of likely N-dealkylation sites (tertiary alicyclic amines) is 1. The Labute approximate surface area is 108 Å².